The highest BCUT2D eigenvalue weighted by atomic mass is 35.5. The molecule has 0 atom stereocenters. The van der Waals surface area contributed by atoms with Gasteiger partial charge in [-0.3, -0.25) is 4.79 Å². The predicted octanol–water partition coefficient (Wildman–Crippen LogP) is 2.66. The number of hydrogen-bond acceptors (Lipinski definition) is 3. The van der Waals surface area contributed by atoms with Crippen LogP contribution < -0.4 is 16.4 Å². The maximum absolute atomic E-state index is 11.1. The van der Waals surface area contributed by atoms with Crippen molar-refractivity contribution in [2.45, 2.75) is 6.54 Å². The number of carbonyl (C=O) groups excluding carboxylic acids is 1. The van der Waals surface area contributed by atoms with Crippen molar-refractivity contribution in [3.05, 3.63) is 58.6 Å². The Morgan fingerprint density at radius 3 is 2.55 bits per heavy atom. The van der Waals surface area contributed by atoms with Crippen LogP contribution in [-0.2, 0) is 6.54 Å². The number of para-hydroxylation sites is 2. The Morgan fingerprint density at radius 2 is 1.95 bits per heavy atom. The zero-order valence-electron chi connectivity index (χ0n) is 11.1. The van der Waals surface area contributed by atoms with Crippen LogP contribution in [0.5, 0.6) is 0 Å². The van der Waals surface area contributed by atoms with Gasteiger partial charge in [-0.25, -0.2) is 0 Å². The van der Waals surface area contributed by atoms with Gasteiger partial charge in [0.2, 0.25) is 5.91 Å². The lowest BCUT2D eigenvalue weighted by Gasteiger charge is -2.21. The van der Waals surface area contributed by atoms with Gasteiger partial charge in [-0.1, -0.05) is 29.8 Å². The Bertz CT molecular complexity index is 643. The molecule has 0 unspecified atom stereocenters. The van der Waals surface area contributed by atoms with Crippen LogP contribution in [0.4, 0.5) is 11.4 Å². The summed E-state index contributed by atoms with van der Waals surface area (Å²) >= 11 is 6.18. The van der Waals surface area contributed by atoms with Gasteiger partial charge in [-0.2, -0.15) is 0 Å². The van der Waals surface area contributed by atoms with Crippen LogP contribution in [0.2, 0.25) is 5.02 Å². The predicted molar refractivity (Wildman–Crippen MR) is 82.9 cm³/mol. The highest BCUT2D eigenvalue weighted by Gasteiger charge is 2.10. The molecule has 2 aromatic carbocycles. The fourth-order valence-electron chi connectivity index (χ4n) is 2.00. The van der Waals surface area contributed by atoms with E-state index in [1.54, 1.807) is 18.2 Å². The highest BCUT2D eigenvalue weighted by Crippen LogP contribution is 2.25. The van der Waals surface area contributed by atoms with Crippen molar-refractivity contribution in [2.75, 3.05) is 17.7 Å². The number of nitrogen functional groups attached to an aromatic ring is 1. The number of nitrogens with zero attached hydrogens (tertiary/aromatic N) is 1. The van der Waals surface area contributed by atoms with E-state index in [-0.39, 0.29) is 0 Å². The molecule has 0 saturated carbocycles. The van der Waals surface area contributed by atoms with Gasteiger partial charge in [0, 0.05) is 24.2 Å². The topological polar surface area (TPSA) is 72.3 Å². The van der Waals surface area contributed by atoms with Crippen molar-refractivity contribution in [1.29, 1.82) is 0 Å². The molecule has 20 heavy (non-hydrogen) atoms. The molecule has 0 aliphatic heterocycles. The molecule has 0 aliphatic rings. The zero-order chi connectivity index (χ0) is 14.7. The van der Waals surface area contributed by atoms with Gasteiger partial charge >= 0.3 is 0 Å². The molecule has 104 valence electrons. The number of primary amides is 1. The summed E-state index contributed by atoms with van der Waals surface area (Å²) in [7, 11) is 1.93. The first-order chi connectivity index (χ1) is 9.49. The molecule has 0 fully saturated rings. The molecular weight excluding hydrogens is 274 g/mol. The van der Waals surface area contributed by atoms with Crippen molar-refractivity contribution < 1.29 is 4.79 Å². The minimum absolute atomic E-state index is 0.403. The van der Waals surface area contributed by atoms with E-state index in [0.717, 1.165) is 11.3 Å². The Balaban J connectivity index is 2.22. The van der Waals surface area contributed by atoms with Gasteiger partial charge in [0.25, 0.3) is 0 Å². The van der Waals surface area contributed by atoms with E-state index in [1.165, 1.54) is 0 Å². The Labute approximate surface area is 122 Å². The summed E-state index contributed by atoms with van der Waals surface area (Å²) < 4.78 is 0. The van der Waals surface area contributed by atoms with Crippen LogP contribution in [0.15, 0.2) is 42.5 Å². The molecule has 0 aliphatic carbocycles. The SMILES string of the molecule is CN(Cc1ccc(C(N)=O)cc1Cl)c1ccccc1N. The third-order valence-electron chi connectivity index (χ3n) is 3.09. The summed E-state index contributed by atoms with van der Waals surface area (Å²) in [5.74, 6) is -0.487. The van der Waals surface area contributed by atoms with Gasteiger partial charge in [0.05, 0.1) is 11.4 Å². The maximum atomic E-state index is 11.1. The largest absolute Gasteiger partial charge is 0.397 e. The lowest BCUT2D eigenvalue weighted by Crippen LogP contribution is -2.18. The van der Waals surface area contributed by atoms with Crippen LogP contribution >= 0.6 is 11.6 Å². The molecule has 0 spiro atoms. The maximum Gasteiger partial charge on any atom is 0.248 e. The number of carbonyl (C=O) groups is 1. The number of hydrogen-bond donors (Lipinski definition) is 2. The lowest BCUT2D eigenvalue weighted by molar-refractivity contribution is 0.100. The van der Waals surface area contributed by atoms with Crippen molar-refractivity contribution in [1.82, 2.24) is 0 Å². The molecule has 4 nitrogen and oxygen atoms in total. The third-order valence-corrected chi connectivity index (χ3v) is 3.44. The molecule has 0 bridgehead atoms. The average molecular weight is 290 g/mol. The highest BCUT2D eigenvalue weighted by molar-refractivity contribution is 6.31. The summed E-state index contributed by atoms with van der Waals surface area (Å²) in [5.41, 5.74) is 14.1. The van der Waals surface area contributed by atoms with Crippen LogP contribution in [0.1, 0.15) is 15.9 Å². The molecule has 5 heteroatoms. The number of rotatable bonds is 4. The first-order valence-electron chi connectivity index (χ1n) is 6.13. The lowest BCUT2D eigenvalue weighted by atomic mass is 10.1. The van der Waals surface area contributed by atoms with Gasteiger partial charge in [0.15, 0.2) is 0 Å². The van der Waals surface area contributed by atoms with Gasteiger partial charge in [-0.05, 0) is 29.8 Å². The first-order valence-corrected chi connectivity index (χ1v) is 6.50. The smallest absolute Gasteiger partial charge is 0.248 e. The van der Waals surface area contributed by atoms with E-state index < -0.39 is 5.91 Å². The van der Waals surface area contributed by atoms with E-state index in [1.807, 2.05) is 36.2 Å². The van der Waals surface area contributed by atoms with E-state index in [4.69, 9.17) is 23.1 Å². The minimum Gasteiger partial charge on any atom is -0.397 e. The number of amides is 1. The second kappa shape index (κ2) is 5.84. The monoisotopic (exact) mass is 289 g/mol. The molecule has 0 saturated heterocycles. The summed E-state index contributed by atoms with van der Waals surface area (Å²) in [4.78, 5) is 13.1. The Kier molecular flexibility index (Phi) is 4.15. The third kappa shape index (κ3) is 3.03. The number of benzene rings is 2. The van der Waals surface area contributed by atoms with E-state index in [9.17, 15) is 4.79 Å². The van der Waals surface area contributed by atoms with Gasteiger partial charge < -0.3 is 16.4 Å². The number of anilines is 2. The molecule has 0 heterocycles. The quantitative estimate of drug-likeness (QED) is 0.850. The van der Waals surface area contributed by atoms with Crippen LogP contribution in [0.3, 0.4) is 0 Å². The zero-order valence-corrected chi connectivity index (χ0v) is 11.9. The van der Waals surface area contributed by atoms with E-state index in [0.29, 0.717) is 22.8 Å². The van der Waals surface area contributed by atoms with Gasteiger partial charge in [-0.15, -0.1) is 0 Å². The number of nitrogens with two attached hydrogens (primary N) is 2. The Morgan fingerprint density at radius 1 is 1.25 bits per heavy atom. The second-order valence-electron chi connectivity index (χ2n) is 4.59. The summed E-state index contributed by atoms with van der Waals surface area (Å²) in [6.45, 7) is 0.589. The van der Waals surface area contributed by atoms with Crippen molar-refractivity contribution in [3.8, 4) is 0 Å². The van der Waals surface area contributed by atoms with Crippen LogP contribution in [0.25, 0.3) is 0 Å². The fraction of sp³-hybridized carbons (Fsp3) is 0.133. The fourth-order valence-corrected chi connectivity index (χ4v) is 2.24. The molecule has 2 aromatic rings. The summed E-state index contributed by atoms with van der Waals surface area (Å²) in [6.07, 6.45) is 0. The molecule has 0 aromatic heterocycles. The summed E-state index contributed by atoms with van der Waals surface area (Å²) in [6, 6.07) is 12.7. The van der Waals surface area contributed by atoms with Crippen molar-refractivity contribution in [3.63, 3.8) is 0 Å². The molecular formula is C15H16ClN3O. The van der Waals surface area contributed by atoms with Gasteiger partial charge in [0.1, 0.15) is 0 Å². The first kappa shape index (κ1) is 14.2. The summed E-state index contributed by atoms with van der Waals surface area (Å²) in [5, 5.41) is 0.516. The van der Waals surface area contributed by atoms with Crippen LogP contribution in [-0.4, -0.2) is 13.0 Å². The Hall–Kier alpha value is -2.20. The molecule has 4 N–H and O–H groups in total. The van der Waals surface area contributed by atoms with E-state index in [2.05, 4.69) is 0 Å². The average Bonchev–Trinajstić information content (AvgIpc) is 2.41. The molecule has 0 radical (unpaired) electrons. The molecule has 1 amide bonds. The molecule has 2 rings (SSSR count). The second-order valence-corrected chi connectivity index (χ2v) is 4.99. The number of halogens is 1. The van der Waals surface area contributed by atoms with E-state index >= 15 is 0 Å². The van der Waals surface area contributed by atoms with Crippen molar-refractivity contribution in [2.24, 2.45) is 5.73 Å². The minimum atomic E-state index is -0.487. The normalized spacial score (nSPS) is 10.3. The van der Waals surface area contributed by atoms with Crippen LogP contribution in [0, 0.1) is 0 Å². The standard InChI is InChI=1S/C15H16ClN3O/c1-19(14-5-3-2-4-13(14)17)9-11-7-6-10(15(18)20)8-12(11)16/h2-8H,9,17H2,1H3,(H2,18,20). The van der Waals surface area contributed by atoms with Crippen molar-refractivity contribution >= 4 is 28.9 Å².